The van der Waals surface area contributed by atoms with Crippen LogP contribution in [0.4, 0.5) is 0 Å². The predicted molar refractivity (Wildman–Crippen MR) is 166 cm³/mol. The van der Waals surface area contributed by atoms with E-state index in [0.29, 0.717) is 0 Å². The Morgan fingerprint density at radius 1 is 0.377 bits per heavy atom. The van der Waals surface area contributed by atoms with E-state index >= 15 is 0 Å². The third-order valence-corrected chi connectivity index (χ3v) is 9.13. The monoisotopic (exact) mass is 770 g/mol. The summed E-state index contributed by atoms with van der Waals surface area (Å²) in [7, 11) is 0. The van der Waals surface area contributed by atoms with Gasteiger partial charge >= 0.3 is 23.9 Å². The Labute approximate surface area is 304 Å². The molecule has 0 radical (unpaired) electrons. The molecular weight excluding hydrogens is 720 g/mol. The first-order chi connectivity index (χ1) is 24.7. The van der Waals surface area contributed by atoms with Gasteiger partial charge in [0.1, 0.15) is 48.8 Å². The molecule has 6 N–H and O–H groups in total. The normalized spacial score (nSPS) is 46.2. The molecule has 21 nitrogen and oxygen atoms in total. The molecule has 0 unspecified atom stereocenters. The Hall–Kier alpha value is -2.64. The second-order valence-corrected chi connectivity index (χ2v) is 13.4. The molecule has 0 spiro atoms. The highest BCUT2D eigenvalue weighted by atomic mass is 16.8. The van der Waals surface area contributed by atoms with Crippen molar-refractivity contribution in [2.45, 2.75) is 178 Å². The van der Waals surface area contributed by atoms with Crippen LogP contribution in [0.15, 0.2) is 0 Å². The molecule has 4 aliphatic heterocycles. The summed E-state index contributed by atoms with van der Waals surface area (Å²) >= 11 is 0. The molecule has 304 valence electrons. The lowest BCUT2D eigenvalue weighted by Crippen LogP contribution is -2.67. The van der Waals surface area contributed by atoms with Crippen molar-refractivity contribution in [3.8, 4) is 0 Å². The Kier molecular flexibility index (Phi) is 14.5. The van der Waals surface area contributed by atoms with Gasteiger partial charge in [-0.05, 0) is 27.7 Å². The van der Waals surface area contributed by atoms with Crippen molar-refractivity contribution in [2.24, 2.45) is 0 Å². The second kappa shape index (κ2) is 17.9. The zero-order chi connectivity index (χ0) is 39.6. The molecule has 53 heavy (non-hydrogen) atoms. The van der Waals surface area contributed by atoms with Crippen LogP contribution in [-0.2, 0) is 71.3 Å². The maximum Gasteiger partial charge on any atom is 0.303 e. The molecule has 0 bridgehead atoms. The molecule has 4 aliphatic rings. The van der Waals surface area contributed by atoms with Crippen LogP contribution < -0.4 is 0 Å². The lowest BCUT2D eigenvalue weighted by Gasteiger charge is -2.50. The Bertz CT molecular complexity index is 1280. The Morgan fingerprint density at radius 2 is 0.736 bits per heavy atom. The van der Waals surface area contributed by atoms with Crippen LogP contribution in [0, 0.1) is 0 Å². The molecule has 0 aromatic carbocycles. The van der Waals surface area contributed by atoms with Gasteiger partial charge in [0.05, 0.1) is 24.4 Å². The fourth-order valence-electron chi connectivity index (χ4n) is 6.67. The van der Waals surface area contributed by atoms with Gasteiger partial charge in [-0.3, -0.25) is 19.2 Å². The number of carbonyl (C=O) groups is 4. The number of aliphatic hydroxyl groups is 6. The average molecular weight is 771 g/mol. The lowest BCUT2D eigenvalue weighted by atomic mass is 9.95. The number of ether oxygens (including phenoxy) is 11. The van der Waals surface area contributed by atoms with Gasteiger partial charge in [0, 0.05) is 27.7 Å². The van der Waals surface area contributed by atoms with Crippen LogP contribution in [0.3, 0.4) is 0 Å². The number of carbonyl (C=O) groups excluding carboxylic acids is 4. The van der Waals surface area contributed by atoms with Crippen molar-refractivity contribution < 1.29 is 102 Å². The van der Waals surface area contributed by atoms with Crippen molar-refractivity contribution in [1.82, 2.24) is 0 Å². The third-order valence-electron chi connectivity index (χ3n) is 9.13. The van der Waals surface area contributed by atoms with E-state index in [1.54, 1.807) is 0 Å². The van der Waals surface area contributed by atoms with Crippen molar-refractivity contribution >= 4 is 23.9 Å². The van der Waals surface area contributed by atoms with Gasteiger partial charge in [-0.2, -0.15) is 0 Å². The molecule has 0 aromatic heterocycles. The van der Waals surface area contributed by atoms with Gasteiger partial charge < -0.3 is 82.7 Å². The Morgan fingerprint density at radius 3 is 1.26 bits per heavy atom. The number of hydrogen-bond donors (Lipinski definition) is 6. The molecule has 20 atom stereocenters. The average Bonchev–Trinajstić information content (AvgIpc) is 3.05. The molecular formula is C32H50O21. The molecule has 0 aliphatic carbocycles. The van der Waals surface area contributed by atoms with E-state index in [9.17, 15) is 49.8 Å². The standard InChI is InChI=1S/C32H50O21/c1-9-23(17(37)19(39)29(42)43-9)51-31-21(41)26(24(11(3)45-31)48-14(6)34)52-32-28(50-16(8)36)27(25(12(4)46-32)49-15(7)35)53-30-20(40)18(38)22(10(2)44-30)47-13(5)33/h9-12,17-32,37-42H,1-8H3/t9-,10-,11-,12-,17-,18-,19+,20+,21+,22-,23-,24-,25-,26-,27+,28+,29+,30-,31-,32-/m0/s1. The highest BCUT2D eigenvalue weighted by Crippen LogP contribution is 2.37. The van der Waals surface area contributed by atoms with E-state index in [4.69, 9.17) is 52.1 Å². The molecule has 4 fully saturated rings. The van der Waals surface area contributed by atoms with Gasteiger partial charge in [-0.15, -0.1) is 0 Å². The van der Waals surface area contributed by atoms with Crippen molar-refractivity contribution in [3.63, 3.8) is 0 Å². The molecule has 4 heterocycles. The highest BCUT2D eigenvalue weighted by Gasteiger charge is 2.57. The third kappa shape index (κ3) is 9.97. The summed E-state index contributed by atoms with van der Waals surface area (Å²) in [4.78, 5) is 48.6. The van der Waals surface area contributed by atoms with Crippen molar-refractivity contribution in [3.05, 3.63) is 0 Å². The number of rotatable bonds is 10. The maximum atomic E-state index is 12.5. The van der Waals surface area contributed by atoms with Crippen molar-refractivity contribution in [1.29, 1.82) is 0 Å². The number of esters is 4. The summed E-state index contributed by atoms with van der Waals surface area (Å²) in [6.45, 7) is 10.1. The van der Waals surface area contributed by atoms with Gasteiger partial charge in [-0.1, -0.05) is 0 Å². The summed E-state index contributed by atoms with van der Waals surface area (Å²) in [5.41, 5.74) is 0. The first kappa shape index (κ1) is 43.1. The second-order valence-electron chi connectivity index (χ2n) is 13.4. The fourth-order valence-corrected chi connectivity index (χ4v) is 6.67. The SMILES string of the molecule is CC(=O)O[C@@H]1[C@@H](O)[C@@H](O)[C@H](O[C@@H]2[C@@H](OC(C)=O)[C@H](C)O[C@@H](O[C@H]3[C@@H](O)[C@H](O[C@@H]4[C@@H](O)[C@@H](O)[C@H](O)O[C@H]4C)O[C@@H](C)[C@@H]3OC(C)=O)[C@@H]2OC(C)=O)O[C@H]1C. The largest absolute Gasteiger partial charge is 0.457 e. The van der Waals surface area contributed by atoms with Crippen LogP contribution in [-0.4, -0.2) is 177 Å². The van der Waals surface area contributed by atoms with Crippen LogP contribution >= 0.6 is 0 Å². The molecule has 0 amide bonds. The van der Waals surface area contributed by atoms with E-state index in [1.807, 2.05) is 0 Å². The summed E-state index contributed by atoms with van der Waals surface area (Å²) in [5, 5.41) is 64.1. The highest BCUT2D eigenvalue weighted by molar-refractivity contribution is 5.67. The first-order valence-corrected chi connectivity index (χ1v) is 17.1. The fraction of sp³-hybridized carbons (Fsp3) is 0.875. The summed E-state index contributed by atoms with van der Waals surface area (Å²) in [6, 6.07) is 0. The predicted octanol–water partition coefficient (Wildman–Crippen LogP) is -3.36. The quantitative estimate of drug-likeness (QED) is 0.0934. The van der Waals surface area contributed by atoms with Crippen LogP contribution in [0.25, 0.3) is 0 Å². The minimum atomic E-state index is -1.86. The van der Waals surface area contributed by atoms with Crippen LogP contribution in [0.2, 0.25) is 0 Å². The Balaban J connectivity index is 1.67. The first-order valence-electron chi connectivity index (χ1n) is 17.1. The molecule has 4 saturated heterocycles. The van der Waals surface area contributed by atoms with E-state index in [0.717, 1.165) is 27.7 Å². The lowest BCUT2D eigenvalue weighted by molar-refractivity contribution is -0.384. The van der Waals surface area contributed by atoms with Gasteiger partial charge in [-0.25, -0.2) is 0 Å². The topological polar surface area (TPSA) is 291 Å². The van der Waals surface area contributed by atoms with E-state index < -0.39 is 147 Å². The molecule has 0 aromatic rings. The maximum absolute atomic E-state index is 12.5. The molecule has 21 heteroatoms. The smallest absolute Gasteiger partial charge is 0.303 e. The summed E-state index contributed by atoms with van der Waals surface area (Å²) < 4.78 is 62.6. The number of aliphatic hydroxyl groups excluding tert-OH is 6. The van der Waals surface area contributed by atoms with Crippen LogP contribution in [0.5, 0.6) is 0 Å². The summed E-state index contributed by atoms with van der Waals surface area (Å²) in [6.07, 6.45) is -30.2. The minimum absolute atomic E-state index is 0.752. The number of hydrogen-bond acceptors (Lipinski definition) is 21. The molecule has 0 saturated carbocycles. The van der Waals surface area contributed by atoms with Crippen LogP contribution in [0.1, 0.15) is 55.4 Å². The van der Waals surface area contributed by atoms with Gasteiger partial charge in [0.2, 0.25) is 0 Å². The van der Waals surface area contributed by atoms with E-state index in [1.165, 1.54) is 27.7 Å². The summed E-state index contributed by atoms with van der Waals surface area (Å²) in [5.74, 6) is -3.28. The zero-order valence-electron chi connectivity index (χ0n) is 30.4. The minimum Gasteiger partial charge on any atom is -0.457 e. The van der Waals surface area contributed by atoms with Gasteiger partial charge in [0.15, 0.2) is 49.6 Å². The van der Waals surface area contributed by atoms with Crippen molar-refractivity contribution in [2.75, 3.05) is 0 Å². The van der Waals surface area contributed by atoms with E-state index in [-0.39, 0.29) is 0 Å². The van der Waals surface area contributed by atoms with E-state index in [2.05, 4.69) is 0 Å². The van der Waals surface area contributed by atoms with Gasteiger partial charge in [0.25, 0.3) is 0 Å². The zero-order valence-corrected chi connectivity index (χ0v) is 30.4. The molecule has 4 rings (SSSR count).